The van der Waals surface area contributed by atoms with Gasteiger partial charge in [-0.1, -0.05) is 36.4 Å². The summed E-state index contributed by atoms with van der Waals surface area (Å²) in [6, 6.07) is 20.7. The highest BCUT2D eigenvalue weighted by Gasteiger charge is 2.31. The van der Waals surface area contributed by atoms with Gasteiger partial charge in [0, 0.05) is 0 Å². The minimum Gasteiger partial charge on any atom is -0.323 e. The quantitative estimate of drug-likeness (QED) is 0.284. The molecule has 5 rings (SSSR count). The molecule has 0 aliphatic rings. The van der Waals surface area contributed by atoms with Crippen LogP contribution in [0.4, 0.5) is 5.69 Å². The van der Waals surface area contributed by atoms with Crippen molar-refractivity contribution < 1.29 is 17.2 Å². The lowest BCUT2D eigenvalue weighted by atomic mass is 10.2. The monoisotopic (exact) mass is 482 g/mol. The van der Waals surface area contributed by atoms with E-state index in [0.29, 0.717) is 32.9 Å². The van der Waals surface area contributed by atoms with Crippen molar-refractivity contribution in [1.29, 1.82) is 0 Å². The minimum atomic E-state index is -3.86. The molecule has 5 aromatic rings. The molecular formula is C21H16N5O3S3+. The molecule has 0 saturated carbocycles. The lowest BCUT2D eigenvalue weighted by Crippen LogP contribution is -2.44. The van der Waals surface area contributed by atoms with Crippen molar-refractivity contribution in [3.8, 4) is 0 Å². The third-order valence-electron chi connectivity index (χ3n) is 4.73. The number of thioether (sulfide) groups is 1. The number of aromatic amines is 1. The number of carbonyl (C=O) groups excluding carboxylic acids is 1. The Hall–Kier alpha value is -3.28. The van der Waals surface area contributed by atoms with E-state index in [1.807, 2.05) is 12.1 Å². The molecular weight excluding hydrogens is 466 g/mol. The topological polar surface area (TPSA) is 109 Å². The van der Waals surface area contributed by atoms with Crippen LogP contribution in [0.25, 0.3) is 22.1 Å². The summed E-state index contributed by atoms with van der Waals surface area (Å²) in [5.74, 6) is -0.275. The van der Waals surface area contributed by atoms with E-state index in [-0.39, 0.29) is 16.6 Å². The summed E-state index contributed by atoms with van der Waals surface area (Å²) >= 11 is 2.19. The van der Waals surface area contributed by atoms with Crippen LogP contribution < -0.4 is 9.29 Å². The van der Waals surface area contributed by atoms with Crippen LogP contribution in [0.2, 0.25) is 0 Å². The molecule has 0 aliphatic carbocycles. The van der Waals surface area contributed by atoms with E-state index in [1.165, 1.54) is 3.97 Å². The van der Waals surface area contributed by atoms with Crippen molar-refractivity contribution in [2.75, 3.05) is 11.1 Å². The molecule has 2 N–H and O–H groups in total. The van der Waals surface area contributed by atoms with Crippen LogP contribution in [0.15, 0.2) is 82.8 Å². The van der Waals surface area contributed by atoms with Gasteiger partial charge in [0.15, 0.2) is 11.0 Å². The number of aromatic nitrogens is 4. The number of amides is 1. The lowest BCUT2D eigenvalue weighted by Gasteiger charge is -2.05. The van der Waals surface area contributed by atoms with Crippen LogP contribution in [0.5, 0.6) is 0 Å². The van der Waals surface area contributed by atoms with Gasteiger partial charge in [-0.3, -0.25) is 4.79 Å². The fourth-order valence-corrected chi connectivity index (χ4v) is 6.42. The Bertz CT molecular complexity index is 1550. The number of anilines is 1. The zero-order valence-electron chi connectivity index (χ0n) is 16.4. The molecule has 3 aromatic carbocycles. The van der Waals surface area contributed by atoms with Crippen molar-refractivity contribution in [3.63, 3.8) is 0 Å². The zero-order chi connectivity index (χ0) is 22.1. The van der Waals surface area contributed by atoms with Gasteiger partial charge < -0.3 is 5.32 Å². The van der Waals surface area contributed by atoms with Crippen LogP contribution in [0.1, 0.15) is 0 Å². The molecule has 2 aromatic heterocycles. The summed E-state index contributed by atoms with van der Waals surface area (Å²) < 4.78 is 36.4. The van der Waals surface area contributed by atoms with Gasteiger partial charge in [-0.15, -0.1) is 3.97 Å². The van der Waals surface area contributed by atoms with Gasteiger partial charge in [0.1, 0.15) is 15.9 Å². The molecule has 1 amide bonds. The summed E-state index contributed by atoms with van der Waals surface area (Å²) in [5.41, 5.74) is 3.08. The van der Waals surface area contributed by atoms with Crippen LogP contribution in [0.3, 0.4) is 0 Å². The summed E-state index contributed by atoms with van der Waals surface area (Å²) in [6.45, 7) is 0. The lowest BCUT2D eigenvalue weighted by molar-refractivity contribution is -0.526. The van der Waals surface area contributed by atoms with E-state index in [9.17, 15) is 13.2 Å². The number of H-pyrrole nitrogens is 1. The van der Waals surface area contributed by atoms with Crippen LogP contribution >= 0.6 is 23.5 Å². The van der Waals surface area contributed by atoms with Crippen LogP contribution in [-0.4, -0.2) is 33.8 Å². The van der Waals surface area contributed by atoms with Crippen LogP contribution in [-0.2, 0) is 14.8 Å². The molecule has 0 atom stereocenters. The molecule has 32 heavy (non-hydrogen) atoms. The predicted molar refractivity (Wildman–Crippen MR) is 124 cm³/mol. The largest absolute Gasteiger partial charge is 0.336 e. The molecule has 2 heterocycles. The first-order valence-electron chi connectivity index (χ1n) is 9.51. The maximum Gasteiger partial charge on any atom is 0.336 e. The second kappa shape index (κ2) is 8.34. The Morgan fingerprint density at radius 1 is 1.00 bits per heavy atom. The molecule has 0 fully saturated rings. The third-order valence-corrected chi connectivity index (χ3v) is 8.08. The SMILES string of the molecule is O=C(CSc1[nH]c2ccccc2[n+]1S(=O)(=O)c1ccccc1)Nc1cccc2nsnc12. The van der Waals surface area contributed by atoms with Crippen molar-refractivity contribution >= 4 is 67.2 Å². The Kier molecular flexibility index (Phi) is 5.37. The second-order valence-corrected chi connectivity index (χ2v) is 10.1. The Labute approximate surface area is 191 Å². The highest BCUT2D eigenvalue weighted by molar-refractivity contribution is 8.00. The Morgan fingerprint density at radius 2 is 1.78 bits per heavy atom. The average molecular weight is 483 g/mol. The van der Waals surface area contributed by atoms with Gasteiger partial charge in [-0.25, -0.2) is 4.98 Å². The van der Waals surface area contributed by atoms with E-state index in [0.717, 1.165) is 23.5 Å². The molecule has 0 saturated heterocycles. The maximum absolute atomic E-state index is 13.4. The smallest absolute Gasteiger partial charge is 0.323 e. The number of rotatable bonds is 6. The number of fused-ring (bicyclic) bond motifs is 2. The number of imidazole rings is 1. The minimum absolute atomic E-state index is 0.00504. The summed E-state index contributed by atoms with van der Waals surface area (Å²) in [4.78, 5) is 15.9. The number of carbonyl (C=O) groups is 1. The maximum atomic E-state index is 13.4. The predicted octanol–water partition coefficient (Wildman–Crippen LogP) is 3.43. The van der Waals surface area contributed by atoms with Gasteiger partial charge in [-0.05, 0) is 48.2 Å². The second-order valence-electron chi connectivity index (χ2n) is 6.80. The summed E-state index contributed by atoms with van der Waals surface area (Å²) in [5, 5.41) is 3.18. The molecule has 0 spiro atoms. The summed E-state index contributed by atoms with van der Waals surface area (Å²) in [6.07, 6.45) is 0. The molecule has 11 heteroatoms. The molecule has 0 unspecified atom stereocenters. The van der Waals surface area contributed by atoms with E-state index < -0.39 is 10.0 Å². The average Bonchev–Trinajstić information content (AvgIpc) is 3.43. The first-order valence-corrected chi connectivity index (χ1v) is 12.7. The normalized spacial score (nSPS) is 11.8. The molecule has 8 nitrogen and oxygen atoms in total. The highest BCUT2D eigenvalue weighted by atomic mass is 32.2. The first-order chi connectivity index (χ1) is 15.5. The molecule has 0 bridgehead atoms. The fraction of sp³-hybridized carbons (Fsp3) is 0.0476. The molecule has 0 aliphatic heterocycles. The van der Waals surface area contributed by atoms with E-state index in [1.54, 1.807) is 60.7 Å². The van der Waals surface area contributed by atoms with Gasteiger partial charge in [0.2, 0.25) is 5.91 Å². The number of para-hydroxylation sites is 2. The van der Waals surface area contributed by atoms with Gasteiger partial charge in [0.05, 0.1) is 23.2 Å². The van der Waals surface area contributed by atoms with E-state index in [4.69, 9.17) is 0 Å². The van der Waals surface area contributed by atoms with Gasteiger partial charge in [-0.2, -0.15) is 17.2 Å². The number of nitrogens with zero attached hydrogens (tertiary/aromatic N) is 3. The fourth-order valence-electron chi connectivity index (χ4n) is 3.29. The molecule has 160 valence electrons. The Balaban J connectivity index is 1.45. The first kappa shape index (κ1) is 20.6. The number of hydrogen-bond donors (Lipinski definition) is 2. The van der Waals surface area contributed by atoms with E-state index >= 15 is 0 Å². The van der Waals surface area contributed by atoms with Crippen molar-refractivity contribution in [1.82, 2.24) is 13.7 Å². The highest BCUT2D eigenvalue weighted by Crippen LogP contribution is 2.24. The standard InChI is InChI=1S/C21H15N5O3S3/c27-19(22-16-10-6-11-17-20(16)25-31-24-17)13-30-21-23-15-9-4-5-12-18(15)26(21)32(28,29)14-7-2-1-3-8-14/h1-12H,13H2,(H,22,24,27)/p+1. The van der Waals surface area contributed by atoms with Crippen molar-refractivity contribution in [2.24, 2.45) is 0 Å². The molecule has 0 radical (unpaired) electrons. The number of hydrogen-bond acceptors (Lipinski definition) is 7. The summed E-state index contributed by atoms with van der Waals surface area (Å²) in [7, 11) is -3.86. The number of benzene rings is 3. The van der Waals surface area contributed by atoms with Crippen molar-refractivity contribution in [2.45, 2.75) is 10.1 Å². The third kappa shape index (κ3) is 3.74. The van der Waals surface area contributed by atoms with Gasteiger partial charge >= 0.3 is 15.2 Å². The van der Waals surface area contributed by atoms with Crippen LogP contribution in [0, 0.1) is 0 Å². The Morgan fingerprint density at radius 3 is 2.62 bits per heavy atom. The van der Waals surface area contributed by atoms with Gasteiger partial charge in [0.25, 0.3) is 0 Å². The van der Waals surface area contributed by atoms with E-state index in [2.05, 4.69) is 19.0 Å². The van der Waals surface area contributed by atoms with Crippen molar-refractivity contribution in [3.05, 3.63) is 72.8 Å². The number of nitrogens with one attached hydrogen (secondary N) is 2. The zero-order valence-corrected chi connectivity index (χ0v) is 18.9.